The molecule has 13 heteroatoms. The molecule has 0 spiro atoms. The monoisotopic (exact) mass is 605 g/mol. The van der Waals surface area contributed by atoms with Crippen molar-refractivity contribution in [3.63, 3.8) is 0 Å². The van der Waals surface area contributed by atoms with Crippen LogP contribution in [0.25, 0.3) is 0 Å². The molecule has 6 N–H and O–H groups in total. The number of carbonyl (C=O) groups is 4. The third-order valence-corrected chi connectivity index (χ3v) is 8.06. The van der Waals surface area contributed by atoms with Gasteiger partial charge < -0.3 is 40.7 Å². The summed E-state index contributed by atoms with van der Waals surface area (Å²) in [7, 11) is 1.28. The predicted molar refractivity (Wildman–Crippen MR) is 156 cm³/mol. The molecule has 8 atom stereocenters. The fourth-order valence-corrected chi connectivity index (χ4v) is 5.30. The first-order chi connectivity index (χ1) is 19.2. The number of hydrogen-bond acceptors (Lipinski definition) is 10. The molecule has 0 aliphatic carbocycles. The van der Waals surface area contributed by atoms with Gasteiger partial charge in [-0.1, -0.05) is 41.0 Å². The molecule has 12 nitrogen and oxygen atoms in total. The van der Waals surface area contributed by atoms with Crippen molar-refractivity contribution < 1.29 is 44.0 Å². The number of Topliss-reactive ketones (excluding diaryl/α,β-unsaturated/α-hetero) is 1. The molecular formula is C28H51N3O9S. The normalized spacial score (nSPS) is 24.9. The Morgan fingerprint density at radius 3 is 2.12 bits per heavy atom. The number of ketones is 1. The molecule has 41 heavy (non-hydrogen) atoms. The Balaban J connectivity index is 2.83. The number of thioether (sulfide) groups is 1. The fourth-order valence-electron chi connectivity index (χ4n) is 4.47. The Labute approximate surface area is 248 Å². The molecule has 1 aliphatic heterocycles. The van der Waals surface area contributed by atoms with Gasteiger partial charge in [-0.25, -0.2) is 0 Å². The first-order valence-corrected chi connectivity index (χ1v) is 15.5. The van der Waals surface area contributed by atoms with Gasteiger partial charge >= 0.3 is 0 Å². The maximum absolute atomic E-state index is 13.2. The van der Waals surface area contributed by atoms with Crippen molar-refractivity contribution in [1.29, 1.82) is 0 Å². The van der Waals surface area contributed by atoms with Crippen molar-refractivity contribution in [2.45, 2.75) is 122 Å². The summed E-state index contributed by atoms with van der Waals surface area (Å²) in [6.07, 6.45) is -4.79. The van der Waals surface area contributed by atoms with Gasteiger partial charge in [0.2, 0.25) is 17.7 Å². The van der Waals surface area contributed by atoms with Crippen molar-refractivity contribution in [1.82, 2.24) is 16.0 Å². The summed E-state index contributed by atoms with van der Waals surface area (Å²) in [4.78, 5) is 51.6. The fraction of sp³-hybridized carbons (Fsp3) is 0.857. The van der Waals surface area contributed by atoms with Crippen LogP contribution in [0.2, 0.25) is 0 Å². The lowest BCUT2D eigenvalue weighted by atomic mass is 9.98. The molecule has 0 aromatic rings. The zero-order valence-corrected chi connectivity index (χ0v) is 26.2. The minimum atomic E-state index is -1.52. The van der Waals surface area contributed by atoms with Crippen LogP contribution in [0.3, 0.4) is 0 Å². The van der Waals surface area contributed by atoms with Crippen LogP contribution in [-0.2, 0) is 28.7 Å². The first kappa shape index (κ1) is 37.3. The molecule has 0 aromatic heterocycles. The molecule has 1 saturated heterocycles. The third-order valence-electron chi connectivity index (χ3n) is 6.99. The van der Waals surface area contributed by atoms with Gasteiger partial charge in [0, 0.05) is 26.5 Å². The Morgan fingerprint density at radius 1 is 0.902 bits per heavy atom. The van der Waals surface area contributed by atoms with Gasteiger partial charge in [0.15, 0.2) is 12.1 Å². The van der Waals surface area contributed by atoms with Gasteiger partial charge in [-0.2, -0.15) is 11.8 Å². The van der Waals surface area contributed by atoms with E-state index in [0.29, 0.717) is 24.5 Å². The molecule has 3 amide bonds. The highest BCUT2D eigenvalue weighted by molar-refractivity contribution is 8.00. The number of rotatable bonds is 18. The molecule has 1 unspecified atom stereocenters. The third kappa shape index (κ3) is 12.6. The number of amides is 3. The van der Waals surface area contributed by atoms with Crippen LogP contribution in [0.15, 0.2) is 0 Å². The molecule has 1 heterocycles. The first-order valence-electron chi connectivity index (χ1n) is 14.5. The van der Waals surface area contributed by atoms with Gasteiger partial charge in [0.25, 0.3) is 0 Å². The summed E-state index contributed by atoms with van der Waals surface area (Å²) in [5.74, 6) is -0.453. The SMILES string of the molecule is CCSC(C)C(=O)[C@H](CCC(=O)NC[C@H]1O[C@@H](OC)[C@H](O)[C@@H](O)[C@@H]1O)NC(=O)[C@@H](NC(=O)CCCC(C)C)C(C)C. The second-order valence-corrected chi connectivity index (χ2v) is 12.8. The van der Waals surface area contributed by atoms with Crippen molar-refractivity contribution >= 4 is 35.3 Å². The molecule has 238 valence electrons. The Hall–Kier alpha value is -1.77. The lowest BCUT2D eigenvalue weighted by Crippen LogP contribution is -2.60. The van der Waals surface area contributed by atoms with Crippen LogP contribution in [0.4, 0.5) is 0 Å². The highest BCUT2D eigenvalue weighted by Gasteiger charge is 2.44. The van der Waals surface area contributed by atoms with Crippen LogP contribution in [0.5, 0.6) is 0 Å². The van der Waals surface area contributed by atoms with E-state index in [-0.39, 0.29) is 37.0 Å². The number of hydrogen-bond donors (Lipinski definition) is 6. The summed E-state index contributed by atoms with van der Waals surface area (Å²) >= 11 is 1.43. The van der Waals surface area contributed by atoms with Crippen LogP contribution in [0.1, 0.15) is 73.6 Å². The molecule has 0 bridgehead atoms. The summed E-state index contributed by atoms with van der Waals surface area (Å²) in [6, 6.07) is -1.78. The van der Waals surface area contributed by atoms with E-state index in [4.69, 9.17) is 9.47 Å². The summed E-state index contributed by atoms with van der Waals surface area (Å²) in [5, 5.41) is 37.9. The van der Waals surface area contributed by atoms with Crippen molar-refractivity contribution in [2.24, 2.45) is 11.8 Å². The van der Waals surface area contributed by atoms with Crippen LogP contribution >= 0.6 is 11.8 Å². The number of aliphatic hydroxyl groups excluding tert-OH is 3. The van der Waals surface area contributed by atoms with Crippen LogP contribution < -0.4 is 16.0 Å². The summed E-state index contributed by atoms with van der Waals surface area (Å²) in [6.45, 7) is 11.3. The Morgan fingerprint density at radius 2 is 1.56 bits per heavy atom. The lowest BCUT2D eigenvalue weighted by Gasteiger charge is -2.39. The number of aliphatic hydroxyl groups is 3. The van der Waals surface area contributed by atoms with Crippen molar-refractivity contribution in [3.8, 4) is 0 Å². The van der Waals surface area contributed by atoms with Crippen LogP contribution in [-0.4, -0.2) is 106 Å². The van der Waals surface area contributed by atoms with Crippen molar-refractivity contribution in [3.05, 3.63) is 0 Å². The molecule has 0 saturated carbocycles. The molecular weight excluding hydrogens is 554 g/mol. The van der Waals surface area contributed by atoms with E-state index < -0.39 is 59.9 Å². The van der Waals surface area contributed by atoms with E-state index in [0.717, 1.165) is 6.42 Å². The highest BCUT2D eigenvalue weighted by Crippen LogP contribution is 2.21. The molecule has 1 rings (SSSR count). The van der Waals surface area contributed by atoms with E-state index >= 15 is 0 Å². The van der Waals surface area contributed by atoms with Gasteiger partial charge in [-0.3, -0.25) is 19.2 Å². The van der Waals surface area contributed by atoms with Gasteiger partial charge in [0.05, 0.1) is 11.3 Å². The van der Waals surface area contributed by atoms with Gasteiger partial charge in [-0.15, -0.1) is 0 Å². The number of carbonyl (C=O) groups excluding carboxylic acids is 4. The largest absolute Gasteiger partial charge is 0.388 e. The van der Waals surface area contributed by atoms with E-state index in [9.17, 15) is 34.5 Å². The second-order valence-electron chi connectivity index (χ2n) is 11.2. The number of ether oxygens (including phenoxy) is 2. The Bertz CT molecular complexity index is 843. The van der Waals surface area contributed by atoms with E-state index in [1.54, 1.807) is 6.92 Å². The molecule has 1 fully saturated rings. The highest BCUT2D eigenvalue weighted by atomic mass is 32.2. The topological polar surface area (TPSA) is 184 Å². The average Bonchev–Trinajstić information content (AvgIpc) is 2.91. The maximum atomic E-state index is 13.2. The van der Waals surface area contributed by atoms with E-state index in [1.807, 2.05) is 20.8 Å². The van der Waals surface area contributed by atoms with E-state index in [1.165, 1.54) is 18.9 Å². The number of methoxy groups -OCH3 is 1. The van der Waals surface area contributed by atoms with Crippen molar-refractivity contribution in [2.75, 3.05) is 19.4 Å². The van der Waals surface area contributed by atoms with E-state index in [2.05, 4.69) is 29.8 Å². The smallest absolute Gasteiger partial charge is 0.243 e. The molecule has 0 aromatic carbocycles. The average molecular weight is 606 g/mol. The Kier molecular flexibility index (Phi) is 17.0. The molecule has 0 radical (unpaired) electrons. The van der Waals surface area contributed by atoms with Gasteiger partial charge in [-0.05, 0) is 37.4 Å². The minimum Gasteiger partial charge on any atom is -0.388 e. The standard InChI is InChI=1S/C28H51N3O9S/c1-8-41-17(6)23(34)18(30-27(38)22(16(4)5)31-21(33)11-9-10-15(2)3)12-13-20(32)29-14-19-24(35)25(36)26(37)28(39-7)40-19/h15-19,22,24-26,28,35-37H,8-14H2,1-7H3,(H,29,32)(H,30,38)(H,31,33)/t17?,18-,19+,22-,24+,25-,26+,28+/m0/s1. The second kappa shape index (κ2) is 18.7. The maximum Gasteiger partial charge on any atom is 0.243 e. The lowest BCUT2D eigenvalue weighted by molar-refractivity contribution is -0.288. The predicted octanol–water partition coefficient (Wildman–Crippen LogP) is 0.499. The summed E-state index contributed by atoms with van der Waals surface area (Å²) in [5.41, 5.74) is 0. The molecule has 1 aliphatic rings. The number of nitrogens with one attached hydrogen (secondary N) is 3. The quantitative estimate of drug-likeness (QED) is 0.129. The van der Waals surface area contributed by atoms with Gasteiger partial charge in [0.1, 0.15) is 30.5 Å². The van der Waals surface area contributed by atoms with Crippen LogP contribution in [0, 0.1) is 11.8 Å². The minimum absolute atomic E-state index is 0.0221. The zero-order valence-electron chi connectivity index (χ0n) is 25.4. The zero-order chi connectivity index (χ0) is 31.3. The summed E-state index contributed by atoms with van der Waals surface area (Å²) < 4.78 is 10.4.